The van der Waals surface area contributed by atoms with Gasteiger partial charge in [0.1, 0.15) is 0 Å². The minimum Gasteiger partial charge on any atom is -0.298 e. The van der Waals surface area contributed by atoms with Gasteiger partial charge in [-0.3, -0.25) is 25.8 Å². The predicted molar refractivity (Wildman–Crippen MR) is 89.1 cm³/mol. The van der Waals surface area contributed by atoms with Gasteiger partial charge in [-0.1, -0.05) is 28.1 Å². The molecule has 0 unspecified atom stereocenters. The minimum absolute atomic E-state index is 0.0184. The van der Waals surface area contributed by atoms with Crippen molar-refractivity contribution in [3.05, 3.63) is 56.7 Å². The fraction of sp³-hybridized carbons (Fsp3) is 0. The van der Waals surface area contributed by atoms with Crippen LogP contribution in [0.3, 0.4) is 0 Å². The number of hydrogen-bond donors (Lipinski definition) is 3. The van der Waals surface area contributed by atoms with Crippen molar-refractivity contribution >= 4 is 56.4 Å². The van der Waals surface area contributed by atoms with Gasteiger partial charge in [0, 0.05) is 10.0 Å². The van der Waals surface area contributed by atoms with E-state index in [0.29, 0.717) is 10.4 Å². The van der Waals surface area contributed by atoms with Crippen LogP contribution >= 0.6 is 39.5 Å². The van der Waals surface area contributed by atoms with Gasteiger partial charge in [-0.15, -0.1) is 11.3 Å². The Kier molecular flexibility index (Phi) is 5.43. The monoisotopic (exact) mass is 383 g/mol. The Morgan fingerprint density at radius 2 is 1.90 bits per heavy atom. The number of amides is 2. The summed E-state index contributed by atoms with van der Waals surface area (Å²) in [6.07, 6.45) is 0. The lowest BCUT2D eigenvalue weighted by atomic mass is 10.2. The molecule has 5 nitrogen and oxygen atoms in total. The largest absolute Gasteiger partial charge is 0.298 e. The number of hydrazine groups is 1. The quantitative estimate of drug-likeness (QED) is 0.550. The first-order valence-corrected chi connectivity index (χ1v) is 7.85. The summed E-state index contributed by atoms with van der Waals surface area (Å²) in [5, 5.41) is 4.29. The Morgan fingerprint density at radius 1 is 1.10 bits per heavy atom. The van der Waals surface area contributed by atoms with E-state index in [2.05, 4.69) is 32.1 Å². The molecule has 108 valence electrons. The highest BCUT2D eigenvalue weighted by Gasteiger charge is 2.10. The molecule has 0 aliphatic carbocycles. The molecule has 1 aromatic heterocycles. The normalized spacial score (nSPS) is 9.76. The number of nitrogens with one attached hydrogen (secondary N) is 3. The number of thiocarbonyl (C=S) groups is 1. The second-order valence-corrected chi connectivity index (χ2v) is 6.12. The van der Waals surface area contributed by atoms with Crippen LogP contribution in [-0.4, -0.2) is 16.9 Å². The summed E-state index contributed by atoms with van der Waals surface area (Å²) >= 11 is 9.54. The first kappa shape index (κ1) is 15.6. The third-order valence-electron chi connectivity index (χ3n) is 2.35. The van der Waals surface area contributed by atoms with Crippen molar-refractivity contribution in [1.29, 1.82) is 0 Å². The average Bonchev–Trinajstić information content (AvgIpc) is 2.99. The number of carbonyl (C=O) groups excluding carboxylic acids is 2. The van der Waals surface area contributed by atoms with Gasteiger partial charge in [-0.05, 0) is 41.9 Å². The van der Waals surface area contributed by atoms with Crippen molar-refractivity contribution in [3.8, 4) is 0 Å². The van der Waals surface area contributed by atoms with Gasteiger partial charge in [-0.2, -0.15) is 0 Å². The van der Waals surface area contributed by atoms with Gasteiger partial charge < -0.3 is 0 Å². The van der Waals surface area contributed by atoms with Crippen LogP contribution in [0.5, 0.6) is 0 Å². The second-order valence-electron chi connectivity index (χ2n) is 3.85. The standard InChI is InChI=1S/C13H10BrN3O2S2/c14-9-4-1-3-8(7-9)11(18)15-13(20)17-16-12(19)10-5-2-6-21-10/h1-7H,(H,16,19)(H2,15,17,18,20). The molecule has 1 aromatic carbocycles. The predicted octanol–water partition coefficient (Wildman–Crippen LogP) is 2.46. The zero-order chi connectivity index (χ0) is 15.2. The van der Waals surface area contributed by atoms with Gasteiger partial charge in [0.25, 0.3) is 11.8 Å². The van der Waals surface area contributed by atoms with E-state index in [9.17, 15) is 9.59 Å². The molecular weight excluding hydrogens is 374 g/mol. The molecule has 0 aliphatic rings. The number of rotatable bonds is 2. The third kappa shape index (κ3) is 4.62. The first-order valence-electron chi connectivity index (χ1n) is 5.77. The van der Waals surface area contributed by atoms with Gasteiger partial charge in [0.05, 0.1) is 4.88 Å². The molecule has 2 aromatic rings. The minimum atomic E-state index is -0.362. The second kappa shape index (κ2) is 7.30. The number of benzene rings is 1. The zero-order valence-corrected chi connectivity index (χ0v) is 13.8. The lowest BCUT2D eigenvalue weighted by molar-refractivity contribution is 0.0938. The van der Waals surface area contributed by atoms with Crippen LogP contribution < -0.4 is 16.2 Å². The first-order chi connectivity index (χ1) is 10.1. The van der Waals surface area contributed by atoms with Crippen LogP contribution in [0.4, 0.5) is 0 Å². The molecule has 0 saturated heterocycles. The maximum Gasteiger partial charge on any atom is 0.279 e. The van der Waals surface area contributed by atoms with E-state index in [0.717, 1.165) is 4.47 Å². The summed E-state index contributed by atoms with van der Waals surface area (Å²) < 4.78 is 0.792. The number of halogens is 1. The molecule has 21 heavy (non-hydrogen) atoms. The summed E-state index contributed by atoms with van der Waals surface area (Å²) in [4.78, 5) is 24.1. The van der Waals surface area contributed by atoms with E-state index in [-0.39, 0.29) is 16.9 Å². The Labute approximate surface area is 138 Å². The van der Waals surface area contributed by atoms with E-state index < -0.39 is 0 Å². The van der Waals surface area contributed by atoms with Crippen LogP contribution in [0, 0.1) is 0 Å². The third-order valence-corrected chi connectivity index (χ3v) is 3.91. The molecule has 1 heterocycles. The zero-order valence-electron chi connectivity index (χ0n) is 10.6. The topological polar surface area (TPSA) is 70.2 Å². The highest BCUT2D eigenvalue weighted by atomic mass is 79.9. The van der Waals surface area contributed by atoms with Crippen LogP contribution in [0.2, 0.25) is 0 Å². The molecule has 0 bridgehead atoms. The van der Waals surface area contributed by atoms with E-state index in [1.54, 1.807) is 35.7 Å². The molecule has 8 heteroatoms. The van der Waals surface area contributed by atoms with Crippen molar-refractivity contribution in [3.63, 3.8) is 0 Å². The maximum atomic E-state index is 11.9. The van der Waals surface area contributed by atoms with Gasteiger partial charge >= 0.3 is 0 Å². The Morgan fingerprint density at radius 3 is 2.57 bits per heavy atom. The molecular formula is C13H10BrN3O2S2. The summed E-state index contributed by atoms with van der Waals surface area (Å²) in [6.45, 7) is 0. The molecule has 0 fully saturated rings. The summed E-state index contributed by atoms with van der Waals surface area (Å²) in [5.74, 6) is -0.678. The number of hydrogen-bond acceptors (Lipinski definition) is 4. The molecule has 0 atom stereocenters. The van der Waals surface area contributed by atoms with Gasteiger partial charge in [-0.25, -0.2) is 0 Å². The van der Waals surface area contributed by atoms with Crippen LogP contribution in [0.1, 0.15) is 20.0 Å². The lowest BCUT2D eigenvalue weighted by Gasteiger charge is -2.10. The van der Waals surface area contributed by atoms with E-state index in [1.165, 1.54) is 11.3 Å². The Bertz CT molecular complexity index is 674. The van der Waals surface area contributed by atoms with E-state index in [4.69, 9.17) is 12.2 Å². The van der Waals surface area contributed by atoms with Crippen molar-refractivity contribution in [2.75, 3.05) is 0 Å². The van der Waals surface area contributed by atoms with Crippen molar-refractivity contribution in [1.82, 2.24) is 16.2 Å². The molecule has 0 radical (unpaired) electrons. The van der Waals surface area contributed by atoms with Gasteiger partial charge in [0.15, 0.2) is 5.11 Å². The fourth-order valence-corrected chi connectivity index (χ4v) is 2.58. The maximum absolute atomic E-state index is 11.9. The van der Waals surface area contributed by atoms with Crippen LogP contribution in [-0.2, 0) is 0 Å². The fourth-order valence-electron chi connectivity index (χ4n) is 1.42. The molecule has 0 saturated carbocycles. The van der Waals surface area contributed by atoms with Crippen molar-refractivity contribution < 1.29 is 9.59 Å². The number of carbonyl (C=O) groups is 2. The van der Waals surface area contributed by atoms with Gasteiger partial charge in [0.2, 0.25) is 0 Å². The van der Waals surface area contributed by atoms with E-state index in [1.807, 2.05) is 6.07 Å². The molecule has 2 amide bonds. The van der Waals surface area contributed by atoms with Crippen molar-refractivity contribution in [2.24, 2.45) is 0 Å². The highest BCUT2D eigenvalue weighted by molar-refractivity contribution is 9.10. The Balaban J connectivity index is 1.84. The SMILES string of the molecule is O=C(NC(=S)NNC(=O)c1cccs1)c1cccc(Br)c1. The van der Waals surface area contributed by atoms with Crippen molar-refractivity contribution in [2.45, 2.75) is 0 Å². The molecule has 0 spiro atoms. The lowest BCUT2D eigenvalue weighted by Crippen LogP contribution is -2.48. The van der Waals surface area contributed by atoms with Crippen LogP contribution in [0.15, 0.2) is 46.3 Å². The van der Waals surface area contributed by atoms with E-state index >= 15 is 0 Å². The summed E-state index contributed by atoms with van der Waals surface area (Å²) in [6, 6.07) is 10.3. The number of thiophene rings is 1. The Hall–Kier alpha value is -1.77. The van der Waals surface area contributed by atoms with Crippen LogP contribution in [0.25, 0.3) is 0 Å². The molecule has 0 aliphatic heterocycles. The molecule has 3 N–H and O–H groups in total. The smallest absolute Gasteiger partial charge is 0.279 e. The highest BCUT2D eigenvalue weighted by Crippen LogP contribution is 2.11. The summed E-state index contributed by atoms with van der Waals surface area (Å²) in [5.41, 5.74) is 5.35. The molecule has 2 rings (SSSR count). The summed E-state index contributed by atoms with van der Waals surface area (Å²) in [7, 11) is 0. The average molecular weight is 384 g/mol.